The summed E-state index contributed by atoms with van der Waals surface area (Å²) in [5, 5.41) is 12.2. The molecule has 2 atom stereocenters. The quantitative estimate of drug-likeness (QED) is 0.394. The Morgan fingerprint density at radius 2 is 2.00 bits per heavy atom. The Labute approximate surface area is 198 Å². The summed E-state index contributed by atoms with van der Waals surface area (Å²) in [4.78, 5) is 6.05. The fraction of sp³-hybridized carbons (Fsp3) is 0.375. The predicted octanol–water partition coefficient (Wildman–Crippen LogP) is 4.19. The van der Waals surface area contributed by atoms with E-state index >= 15 is 0 Å². The second kappa shape index (κ2) is 9.38. The predicted molar refractivity (Wildman–Crippen MR) is 123 cm³/mol. The maximum absolute atomic E-state index is 14.3. The van der Waals surface area contributed by atoms with E-state index in [2.05, 4.69) is 20.5 Å². The minimum absolute atomic E-state index is 0.0792. The van der Waals surface area contributed by atoms with E-state index in [1.54, 1.807) is 19.2 Å². The van der Waals surface area contributed by atoms with Crippen molar-refractivity contribution < 1.29 is 22.3 Å². The molecular formula is C24H24F4N6O. The van der Waals surface area contributed by atoms with Crippen LogP contribution < -0.4 is 10.1 Å². The highest BCUT2D eigenvalue weighted by molar-refractivity contribution is 5.86. The number of methoxy groups -OCH3 is 1. The van der Waals surface area contributed by atoms with Gasteiger partial charge < -0.3 is 10.1 Å². The first kappa shape index (κ1) is 23.4. The zero-order chi connectivity index (χ0) is 24.6. The number of nitrogens with zero attached hydrogens (tertiary/aromatic N) is 5. The maximum atomic E-state index is 14.3. The SMILES string of the molecule is COc1cccc2ccc(-c3nnc4ccc([C@@H](N5CC[C@H](NCCF)C5)C(F)(F)F)cn34)nc12. The van der Waals surface area contributed by atoms with Gasteiger partial charge in [-0.05, 0) is 30.2 Å². The Bertz CT molecular complexity index is 1340. The number of benzene rings is 1. The molecule has 0 spiro atoms. The molecule has 7 nitrogen and oxygen atoms in total. The Kier molecular flexibility index (Phi) is 6.28. The van der Waals surface area contributed by atoms with Crippen molar-refractivity contribution in [3.05, 3.63) is 54.2 Å². The van der Waals surface area contributed by atoms with Crippen molar-refractivity contribution in [3.63, 3.8) is 0 Å². The average Bonchev–Trinajstić information content (AvgIpc) is 3.48. The van der Waals surface area contributed by atoms with Crippen LogP contribution >= 0.6 is 0 Å². The number of halogens is 4. The molecule has 0 bridgehead atoms. The van der Waals surface area contributed by atoms with Crippen molar-refractivity contribution in [1.82, 2.24) is 29.8 Å². The summed E-state index contributed by atoms with van der Waals surface area (Å²) < 4.78 is 62.2. The number of alkyl halides is 4. The van der Waals surface area contributed by atoms with Crippen LogP contribution in [0, 0.1) is 0 Å². The van der Waals surface area contributed by atoms with Crippen molar-refractivity contribution in [3.8, 4) is 17.3 Å². The van der Waals surface area contributed by atoms with E-state index in [1.807, 2.05) is 18.2 Å². The molecule has 11 heteroatoms. The van der Waals surface area contributed by atoms with E-state index in [0.29, 0.717) is 34.9 Å². The second-order valence-corrected chi connectivity index (χ2v) is 8.51. The normalized spacial score (nSPS) is 17.9. The molecule has 3 aromatic heterocycles. The van der Waals surface area contributed by atoms with Gasteiger partial charge in [0.05, 0.1) is 7.11 Å². The van der Waals surface area contributed by atoms with Gasteiger partial charge in [0.2, 0.25) is 0 Å². The largest absolute Gasteiger partial charge is 0.494 e. The van der Waals surface area contributed by atoms with E-state index in [-0.39, 0.29) is 31.2 Å². The lowest BCUT2D eigenvalue weighted by Crippen LogP contribution is -2.40. The fourth-order valence-corrected chi connectivity index (χ4v) is 4.71. The summed E-state index contributed by atoms with van der Waals surface area (Å²) in [6, 6.07) is 10.1. The Morgan fingerprint density at radius 3 is 2.77 bits per heavy atom. The average molecular weight is 488 g/mol. The van der Waals surface area contributed by atoms with Crippen LogP contribution in [-0.4, -0.2) is 70.1 Å². The van der Waals surface area contributed by atoms with Crippen molar-refractivity contribution in [2.45, 2.75) is 24.7 Å². The van der Waals surface area contributed by atoms with Gasteiger partial charge in [-0.15, -0.1) is 10.2 Å². The molecule has 4 heterocycles. The number of ether oxygens (including phenoxy) is 1. The lowest BCUT2D eigenvalue weighted by Gasteiger charge is -2.30. The minimum Gasteiger partial charge on any atom is -0.494 e. The number of hydrogen-bond acceptors (Lipinski definition) is 6. The molecule has 0 saturated carbocycles. The third kappa shape index (κ3) is 4.53. The van der Waals surface area contributed by atoms with Crippen molar-refractivity contribution in [2.24, 2.45) is 0 Å². The molecule has 1 aliphatic rings. The van der Waals surface area contributed by atoms with Gasteiger partial charge >= 0.3 is 6.18 Å². The van der Waals surface area contributed by atoms with Crippen LogP contribution in [0.1, 0.15) is 18.0 Å². The molecule has 35 heavy (non-hydrogen) atoms. The molecule has 184 valence electrons. The van der Waals surface area contributed by atoms with Crippen molar-refractivity contribution in [2.75, 3.05) is 33.4 Å². The number of rotatable bonds is 7. The molecule has 0 unspecified atom stereocenters. The highest BCUT2D eigenvalue weighted by atomic mass is 19.4. The maximum Gasteiger partial charge on any atom is 0.408 e. The number of pyridine rings is 2. The summed E-state index contributed by atoms with van der Waals surface area (Å²) >= 11 is 0. The second-order valence-electron chi connectivity index (χ2n) is 8.51. The van der Waals surface area contributed by atoms with Gasteiger partial charge in [-0.1, -0.05) is 24.3 Å². The Morgan fingerprint density at radius 1 is 1.14 bits per heavy atom. The Balaban J connectivity index is 1.54. The van der Waals surface area contributed by atoms with E-state index < -0.39 is 18.9 Å². The van der Waals surface area contributed by atoms with E-state index in [0.717, 1.165) is 5.39 Å². The molecular weight excluding hydrogens is 464 g/mol. The molecule has 1 aromatic carbocycles. The molecule has 5 rings (SSSR count). The molecule has 1 saturated heterocycles. The zero-order valence-electron chi connectivity index (χ0n) is 19.0. The van der Waals surface area contributed by atoms with Gasteiger partial charge in [0.15, 0.2) is 11.5 Å². The topological polar surface area (TPSA) is 67.6 Å². The third-order valence-electron chi connectivity index (χ3n) is 6.30. The van der Waals surface area contributed by atoms with Crippen LogP contribution in [0.3, 0.4) is 0 Å². The number of fused-ring (bicyclic) bond motifs is 2. The molecule has 1 N–H and O–H groups in total. The molecule has 1 fully saturated rings. The molecule has 0 aliphatic carbocycles. The lowest BCUT2D eigenvalue weighted by molar-refractivity contribution is -0.184. The number of aromatic nitrogens is 4. The van der Waals surface area contributed by atoms with E-state index in [1.165, 1.54) is 27.6 Å². The van der Waals surface area contributed by atoms with Gasteiger partial charge in [0, 0.05) is 37.3 Å². The summed E-state index contributed by atoms with van der Waals surface area (Å²) in [6.45, 7) is 0.0201. The Hall–Kier alpha value is -3.31. The number of para-hydroxylation sites is 1. The van der Waals surface area contributed by atoms with Crippen LogP contribution in [0.4, 0.5) is 17.6 Å². The monoisotopic (exact) mass is 488 g/mol. The highest BCUT2D eigenvalue weighted by Gasteiger charge is 2.46. The third-order valence-corrected chi connectivity index (χ3v) is 6.30. The first-order valence-electron chi connectivity index (χ1n) is 11.3. The minimum atomic E-state index is -4.49. The van der Waals surface area contributed by atoms with Gasteiger partial charge in [-0.3, -0.25) is 9.30 Å². The summed E-state index contributed by atoms with van der Waals surface area (Å²) in [5.41, 5.74) is 1.58. The standard InChI is InChI=1S/C24H24F4N6O/c1-35-19-4-2-3-15-5-7-18(30-21(15)19)23-32-31-20-8-6-16(13-34(20)23)22(24(26,27)28)33-12-9-17(14-33)29-11-10-25/h2-8,13,17,22,29H,9-12,14H2,1H3/t17-,22+/m0/s1. The van der Waals surface area contributed by atoms with Crippen LogP contribution in [0.5, 0.6) is 5.75 Å². The van der Waals surface area contributed by atoms with Gasteiger partial charge in [-0.25, -0.2) is 9.37 Å². The first-order valence-corrected chi connectivity index (χ1v) is 11.3. The van der Waals surface area contributed by atoms with Crippen molar-refractivity contribution >= 4 is 16.6 Å². The zero-order valence-corrected chi connectivity index (χ0v) is 19.0. The number of likely N-dealkylation sites (tertiary alicyclic amines) is 1. The first-order chi connectivity index (χ1) is 16.9. The van der Waals surface area contributed by atoms with Crippen LogP contribution in [0.15, 0.2) is 48.7 Å². The summed E-state index contributed by atoms with van der Waals surface area (Å²) in [5.74, 6) is 0.917. The van der Waals surface area contributed by atoms with E-state index in [4.69, 9.17) is 4.74 Å². The van der Waals surface area contributed by atoms with Crippen LogP contribution in [-0.2, 0) is 0 Å². The smallest absolute Gasteiger partial charge is 0.408 e. The van der Waals surface area contributed by atoms with Crippen LogP contribution in [0.25, 0.3) is 28.1 Å². The van der Waals surface area contributed by atoms with Gasteiger partial charge in [0.1, 0.15) is 29.7 Å². The van der Waals surface area contributed by atoms with Gasteiger partial charge in [0.25, 0.3) is 0 Å². The van der Waals surface area contributed by atoms with Crippen molar-refractivity contribution in [1.29, 1.82) is 0 Å². The van der Waals surface area contributed by atoms with Gasteiger partial charge in [-0.2, -0.15) is 13.2 Å². The number of nitrogens with one attached hydrogen (secondary N) is 1. The lowest BCUT2D eigenvalue weighted by atomic mass is 10.1. The molecule has 4 aromatic rings. The summed E-state index contributed by atoms with van der Waals surface area (Å²) in [7, 11) is 1.55. The highest BCUT2D eigenvalue weighted by Crippen LogP contribution is 2.40. The number of hydrogen-bond donors (Lipinski definition) is 1. The van der Waals surface area contributed by atoms with Crippen LogP contribution in [0.2, 0.25) is 0 Å². The molecule has 0 radical (unpaired) electrons. The van der Waals surface area contributed by atoms with E-state index in [9.17, 15) is 17.6 Å². The molecule has 1 aliphatic heterocycles. The fourth-order valence-electron chi connectivity index (χ4n) is 4.71. The summed E-state index contributed by atoms with van der Waals surface area (Å²) in [6.07, 6.45) is -2.54. The molecule has 0 amide bonds.